The van der Waals surface area contributed by atoms with E-state index in [-0.39, 0.29) is 17.9 Å². The fourth-order valence-corrected chi connectivity index (χ4v) is 3.58. The van der Waals surface area contributed by atoms with Crippen molar-refractivity contribution in [2.45, 2.75) is 52.0 Å². The predicted octanol–water partition coefficient (Wildman–Crippen LogP) is 1.91. The van der Waals surface area contributed by atoms with Gasteiger partial charge in [0.15, 0.2) is 0 Å². The van der Waals surface area contributed by atoms with Gasteiger partial charge in [-0.2, -0.15) is 0 Å². The van der Waals surface area contributed by atoms with Crippen LogP contribution in [0, 0.1) is 11.8 Å². The number of carbonyl (C=O) groups excluding carboxylic acids is 2. The van der Waals surface area contributed by atoms with Gasteiger partial charge in [-0.3, -0.25) is 9.59 Å². The van der Waals surface area contributed by atoms with Gasteiger partial charge in [-0.25, -0.2) is 0 Å². The zero-order chi connectivity index (χ0) is 16.1. The summed E-state index contributed by atoms with van der Waals surface area (Å²) in [6, 6.07) is -0.269. The van der Waals surface area contributed by atoms with E-state index in [9.17, 15) is 9.59 Å². The van der Waals surface area contributed by atoms with Crippen molar-refractivity contribution < 1.29 is 14.3 Å². The number of rotatable bonds is 6. The Morgan fingerprint density at radius 1 is 1.32 bits per heavy atom. The third-order valence-corrected chi connectivity index (χ3v) is 4.72. The van der Waals surface area contributed by atoms with E-state index in [4.69, 9.17) is 4.74 Å². The van der Waals surface area contributed by atoms with Crippen LogP contribution in [0.25, 0.3) is 0 Å². The van der Waals surface area contributed by atoms with Gasteiger partial charge in [0, 0.05) is 39.1 Å². The first-order valence-electron chi connectivity index (χ1n) is 8.60. The molecule has 5 heteroatoms. The Labute approximate surface area is 134 Å². The van der Waals surface area contributed by atoms with Crippen molar-refractivity contribution in [1.29, 1.82) is 0 Å². The SMILES string of the molecule is COC[C@H]1CCN(C(=O)[C@H](CC(C)C)N2CCCCC2=O)C1. The number of hydrogen-bond acceptors (Lipinski definition) is 3. The maximum Gasteiger partial charge on any atom is 0.245 e. The number of nitrogens with zero attached hydrogens (tertiary/aromatic N) is 2. The van der Waals surface area contributed by atoms with Crippen LogP contribution in [0.1, 0.15) is 46.0 Å². The van der Waals surface area contributed by atoms with E-state index < -0.39 is 0 Å². The van der Waals surface area contributed by atoms with Crippen LogP contribution in [-0.4, -0.2) is 61.0 Å². The molecule has 2 heterocycles. The molecule has 0 spiro atoms. The maximum atomic E-state index is 13.0. The van der Waals surface area contributed by atoms with Crippen molar-refractivity contribution in [3.8, 4) is 0 Å². The van der Waals surface area contributed by atoms with Gasteiger partial charge in [0.25, 0.3) is 0 Å². The summed E-state index contributed by atoms with van der Waals surface area (Å²) in [5.41, 5.74) is 0. The molecular weight excluding hydrogens is 280 g/mol. The van der Waals surface area contributed by atoms with Gasteiger partial charge < -0.3 is 14.5 Å². The minimum Gasteiger partial charge on any atom is -0.384 e. The highest BCUT2D eigenvalue weighted by molar-refractivity contribution is 5.88. The summed E-state index contributed by atoms with van der Waals surface area (Å²) >= 11 is 0. The lowest BCUT2D eigenvalue weighted by atomic mass is 9.98. The number of amides is 2. The highest BCUT2D eigenvalue weighted by Crippen LogP contribution is 2.24. The molecule has 2 saturated heterocycles. The zero-order valence-electron chi connectivity index (χ0n) is 14.2. The van der Waals surface area contributed by atoms with E-state index in [1.165, 1.54) is 0 Å². The minimum absolute atomic E-state index is 0.141. The third-order valence-electron chi connectivity index (χ3n) is 4.72. The number of hydrogen-bond donors (Lipinski definition) is 0. The van der Waals surface area contributed by atoms with Crippen LogP contribution in [0.4, 0.5) is 0 Å². The van der Waals surface area contributed by atoms with Crippen LogP contribution in [0.15, 0.2) is 0 Å². The van der Waals surface area contributed by atoms with Gasteiger partial charge >= 0.3 is 0 Å². The van der Waals surface area contributed by atoms with Gasteiger partial charge in [-0.1, -0.05) is 13.8 Å². The molecule has 0 radical (unpaired) electrons. The molecule has 126 valence electrons. The molecule has 5 nitrogen and oxygen atoms in total. The van der Waals surface area contributed by atoms with Gasteiger partial charge in [-0.15, -0.1) is 0 Å². The third kappa shape index (κ3) is 4.22. The molecule has 2 aliphatic rings. The molecule has 2 aliphatic heterocycles. The van der Waals surface area contributed by atoms with Gasteiger partial charge in [0.1, 0.15) is 6.04 Å². The summed E-state index contributed by atoms with van der Waals surface area (Å²) in [5.74, 6) is 1.13. The second-order valence-electron chi connectivity index (χ2n) is 7.08. The highest BCUT2D eigenvalue weighted by atomic mass is 16.5. The lowest BCUT2D eigenvalue weighted by molar-refractivity contribution is -0.147. The normalized spacial score (nSPS) is 24.2. The molecule has 2 atom stereocenters. The molecule has 0 saturated carbocycles. The highest BCUT2D eigenvalue weighted by Gasteiger charge is 2.36. The van der Waals surface area contributed by atoms with Crippen molar-refractivity contribution in [2.24, 2.45) is 11.8 Å². The van der Waals surface area contributed by atoms with Crippen LogP contribution in [0.3, 0.4) is 0 Å². The molecule has 0 aliphatic carbocycles. The number of ether oxygens (including phenoxy) is 1. The molecule has 22 heavy (non-hydrogen) atoms. The number of piperidine rings is 1. The van der Waals surface area contributed by atoms with Crippen LogP contribution in [0.5, 0.6) is 0 Å². The van der Waals surface area contributed by atoms with E-state index in [0.717, 1.165) is 45.3 Å². The average molecular weight is 310 g/mol. The van der Waals surface area contributed by atoms with E-state index in [0.29, 0.717) is 24.9 Å². The standard InChI is InChI=1S/C17H30N2O3/c1-13(2)10-15(19-8-5-4-6-16(19)20)17(21)18-9-7-14(11-18)12-22-3/h13-15H,4-12H2,1-3H3/t14-,15-/m0/s1. The first kappa shape index (κ1) is 17.3. The Balaban J connectivity index is 2.04. The fourth-order valence-electron chi connectivity index (χ4n) is 3.58. The first-order valence-corrected chi connectivity index (χ1v) is 8.60. The van der Waals surface area contributed by atoms with Gasteiger partial charge in [-0.05, 0) is 31.6 Å². The molecule has 2 amide bonds. The zero-order valence-corrected chi connectivity index (χ0v) is 14.2. The van der Waals surface area contributed by atoms with Crippen molar-refractivity contribution in [1.82, 2.24) is 9.80 Å². The quantitative estimate of drug-likeness (QED) is 0.753. The lowest BCUT2D eigenvalue weighted by Gasteiger charge is -2.36. The number of likely N-dealkylation sites (tertiary alicyclic amines) is 2. The van der Waals surface area contributed by atoms with Gasteiger partial charge in [0.2, 0.25) is 11.8 Å². The van der Waals surface area contributed by atoms with Gasteiger partial charge in [0.05, 0.1) is 6.61 Å². The van der Waals surface area contributed by atoms with E-state index in [1.54, 1.807) is 7.11 Å². The number of methoxy groups -OCH3 is 1. The maximum absolute atomic E-state index is 13.0. The molecule has 2 rings (SSSR count). The summed E-state index contributed by atoms with van der Waals surface area (Å²) in [6.45, 7) is 7.24. The summed E-state index contributed by atoms with van der Waals surface area (Å²) in [6.07, 6.45) is 4.32. The van der Waals surface area contributed by atoms with E-state index >= 15 is 0 Å². The number of carbonyl (C=O) groups is 2. The van der Waals surface area contributed by atoms with Crippen LogP contribution < -0.4 is 0 Å². The molecule has 0 aromatic rings. The Bertz CT molecular complexity index is 397. The van der Waals surface area contributed by atoms with Crippen molar-refractivity contribution >= 4 is 11.8 Å². The summed E-state index contributed by atoms with van der Waals surface area (Å²) in [4.78, 5) is 29.0. The molecule has 2 fully saturated rings. The first-order chi connectivity index (χ1) is 10.5. The summed E-state index contributed by atoms with van der Waals surface area (Å²) in [5, 5.41) is 0. The Kier molecular flexibility index (Phi) is 6.24. The fraction of sp³-hybridized carbons (Fsp3) is 0.882. The molecule has 0 bridgehead atoms. The summed E-state index contributed by atoms with van der Waals surface area (Å²) in [7, 11) is 1.71. The Morgan fingerprint density at radius 3 is 2.73 bits per heavy atom. The largest absolute Gasteiger partial charge is 0.384 e. The monoisotopic (exact) mass is 310 g/mol. The Morgan fingerprint density at radius 2 is 2.09 bits per heavy atom. The Hall–Kier alpha value is -1.10. The van der Waals surface area contributed by atoms with Crippen molar-refractivity contribution in [3.05, 3.63) is 0 Å². The second kappa shape index (κ2) is 7.95. The molecular formula is C17H30N2O3. The van der Waals surface area contributed by atoms with Crippen LogP contribution in [-0.2, 0) is 14.3 Å². The molecule has 0 aromatic heterocycles. The van der Waals surface area contributed by atoms with Crippen LogP contribution >= 0.6 is 0 Å². The minimum atomic E-state index is -0.269. The smallest absolute Gasteiger partial charge is 0.245 e. The molecule has 0 N–H and O–H groups in total. The van der Waals surface area contributed by atoms with E-state index in [2.05, 4.69) is 13.8 Å². The predicted molar refractivity (Wildman–Crippen MR) is 85.4 cm³/mol. The van der Waals surface area contributed by atoms with Crippen LogP contribution in [0.2, 0.25) is 0 Å². The topological polar surface area (TPSA) is 49.9 Å². The second-order valence-corrected chi connectivity index (χ2v) is 7.08. The van der Waals surface area contributed by atoms with E-state index in [1.807, 2.05) is 9.80 Å². The van der Waals surface area contributed by atoms with Crippen molar-refractivity contribution in [2.75, 3.05) is 33.4 Å². The average Bonchev–Trinajstić information content (AvgIpc) is 2.94. The molecule has 0 aromatic carbocycles. The van der Waals surface area contributed by atoms with Crippen molar-refractivity contribution in [3.63, 3.8) is 0 Å². The summed E-state index contributed by atoms with van der Waals surface area (Å²) < 4.78 is 5.21. The lowest BCUT2D eigenvalue weighted by Crippen LogP contribution is -2.52. The molecule has 0 unspecified atom stereocenters.